The molecule has 0 aliphatic carbocycles. The van der Waals surface area contributed by atoms with Crippen molar-refractivity contribution in [3.05, 3.63) is 28.7 Å². The van der Waals surface area contributed by atoms with Crippen LogP contribution in [0.4, 0.5) is 10.5 Å². The molecular formula is C11H13BrN2O4. The van der Waals surface area contributed by atoms with Gasteiger partial charge in [-0.15, -0.1) is 0 Å². The van der Waals surface area contributed by atoms with Crippen LogP contribution in [-0.2, 0) is 4.79 Å². The smallest absolute Gasteiger partial charge is 0.326 e. The van der Waals surface area contributed by atoms with Crippen LogP contribution in [0.25, 0.3) is 0 Å². The molecule has 0 spiro atoms. The lowest BCUT2D eigenvalue weighted by molar-refractivity contribution is -0.139. The van der Waals surface area contributed by atoms with Crippen molar-refractivity contribution in [2.45, 2.75) is 12.5 Å². The number of benzene rings is 1. The van der Waals surface area contributed by atoms with Crippen molar-refractivity contribution >= 4 is 33.6 Å². The van der Waals surface area contributed by atoms with Crippen LogP contribution in [0.2, 0.25) is 0 Å². The lowest BCUT2D eigenvalue weighted by Crippen LogP contribution is -2.43. The summed E-state index contributed by atoms with van der Waals surface area (Å²) in [4.78, 5) is 22.3. The largest absolute Gasteiger partial charge is 0.480 e. The number of hydrogen-bond acceptors (Lipinski definition) is 3. The second kappa shape index (κ2) is 6.97. The van der Waals surface area contributed by atoms with Crippen molar-refractivity contribution < 1.29 is 19.8 Å². The summed E-state index contributed by atoms with van der Waals surface area (Å²) in [6.45, 7) is -0.311. The number of rotatable bonds is 5. The molecule has 1 aromatic rings. The molecule has 6 nitrogen and oxygen atoms in total. The number of aliphatic hydroxyl groups excluding tert-OH is 1. The predicted molar refractivity (Wildman–Crippen MR) is 69.4 cm³/mol. The van der Waals surface area contributed by atoms with Crippen LogP contribution in [-0.4, -0.2) is 34.9 Å². The number of aliphatic hydroxyl groups is 1. The van der Waals surface area contributed by atoms with Crippen LogP contribution in [0.1, 0.15) is 6.42 Å². The summed E-state index contributed by atoms with van der Waals surface area (Å²) in [5.41, 5.74) is 0.537. The Labute approximate surface area is 112 Å². The SMILES string of the molecule is O=C(Nc1cccc(Br)c1)NC(CCO)C(=O)O. The standard InChI is InChI=1S/C11H13BrN2O4/c12-7-2-1-3-8(6-7)13-11(18)14-9(4-5-15)10(16)17/h1-3,6,9,15H,4-5H2,(H,16,17)(H2,13,14,18). The van der Waals surface area contributed by atoms with E-state index in [2.05, 4.69) is 26.6 Å². The first-order chi connectivity index (χ1) is 8.52. The van der Waals surface area contributed by atoms with E-state index in [9.17, 15) is 9.59 Å². The van der Waals surface area contributed by atoms with E-state index in [-0.39, 0.29) is 13.0 Å². The zero-order chi connectivity index (χ0) is 13.5. The molecule has 1 atom stereocenters. The quantitative estimate of drug-likeness (QED) is 0.660. The van der Waals surface area contributed by atoms with Gasteiger partial charge in [-0.3, -0.25) is 0 Å². The zero-order valence-electron chi connectivity index (χ0n) is 9.39. The lowest BCUT2D eigenvalue weighted by atomic mass is 10.2. The number of amides is 2. The number of carbonyl (C=O) groups excluding carboxylic acids is 1. The summed E-state index contributed by atoms with van der Waals surface area (Å²) in [7, 11) is 0. The number of carbonyl (C=O) groups is 2. The molecular weight excluding hydrogens is 304 g/mol. The van der Waals surface area contributed by atoms with Crippen LogP contribution in [0.5, 0.6) is 0 Å². The Kier molecular flexibility index (Phi) is 5.60. The zero-order valence-corrected chi connectivity index (χ0v) is 11.0. The Morgan fingerprint density at radius 2 is 2.11 bits per heavy atom. The summed E-state index contributed by atoms with van der Waals surface area (Å²) in [5.74, 6) is -1.19. The van der Waals surface area contributed by atoms with Crippen molar-refractivity contribution in [3.63, 3.8) is 0 Å². The third kappa shape index (κ3) is 4.72. The highest BCUT2D eigenvalue weighted by molar-refractivity contribution is 9.10. The molecule has 0 aliphatic rings. The first-order valence-electron chi connectivity index (χ1n) is 5.19. The molecule has 0 fully saturated rings. The van der Waals surface area contributed by atoms with Crippen LogP contribution in [0, 0.1) is 0 Å². The Morgan fingerprint density at radius 3 is 2.67 bits per heavy atom. The van der Waals surface area contributed by atoms with Crippen LogP contribution in [0.3, 0.4) is 0 Å². The monoisotopic (exact) mass is 316 g/mol. The minimum atomic E-state index is -1.19. The number of carboxylic acids is 1. The predicted octanol–water partition coefficient (Wildman–Crippen LogP) is 1.41. The molecule has 4 N–H and O–H groups in total. The number of urea groups is 1. The molecule has 2 amide bonds. The van der Waals surface area contributed by atoms with Gasteiger partial charge in [0.2, 0.25) is 0 Å². The van der Waals surface area contributed by atoms with E-state index in [0.29, 0.717) is 5.69 Å². The maximum Gasteiger partial charge on any atom is 0.326 e. The van der Waals surface area contributed by atoms with Gasteiger partial charge in [0.15, 0.2) is 0 Å². The number of carboxylic acid groups (broad SMARTS) is 1. The lowest BCUT2D eigenvalue weighted by Gasteiger charge is -2.14. The third-order valence-electron chi connectivity index (χ3n) is 2.10. The molecule has 0 heterocycles. The van der Waals surface area contributed by atoms with E-state index in [1.54, 1.807) is 24.3 Å². The summed E-state index contributed by atoms with van der Waals surface area (Å²) in [6, 6.07) is 5.15. The summed E-state index contributed by atoms with van der Waals surface area (Å²) >= 11 is 3.25. The topological polar surface area (TPSA) is 98.7 Å². The van der Waals surface area contributed by atoms with Gasteiger partial charge in [-0.2, -0.15) is 0 Å². The first-order valence-corrected chi connectivity index (χ1v) is 5.99. The van der Waals surface area contributed by atoms with Crippen LogP contribution < -0.4 is 10.6 Å². The molecule has 18 heavy (non-hydrogen) atoms. The minimum absolute atomic E-state index is 0.0404. The highest BCUT2D eigenvalue weighted by Crippen LogP contribution is 2.15. The van der Waals surface area contributed by atoms with E-state index >= 15 is 0 Å². The molecule has 7 heteroatoms. The molecule has 0 aliphatic heterocycles. The van der Waals surface area contributed by atoms with Gasteiger partial charge in [0, 0.05) is 23.2 Å². The van der Waals surface area contributed by atoms with Gasteiger partial charge in [0.1, 0.15) is 6.04 Å². The van der Waals surface area contributed by atoms with Gasteiger partial charge in [-0.25, -0.2) is 9.59 Å². The maximum absolute atomic E-state index is 11.5. The number of nitrogens with one attached hydrogen (secondary N) is 2. The van der Waals surface area contributed by atoms with Gasteiger partial charge in [0.25, 0.3) is 0 Å². The maximum atomic E-state index is 11.5. The number of halogens is 1. The van der Waals surface area contributed by atoms with Gasteiger partial charge < -0.3 is 20.8 Å². The molecule has 98 valence electrons. The fourth-order valence-electron chi connectivity index (χ4n) is 1.28. The Morgan fingerprint density at radius 1 is 1.39 bits per heavy atom. The van der Waals surface area contributed by atoms with Crippen molar-refractivity contribution in [3.8, 4) is 0 Å². The van der Waals surface area contributed by atoms with E-state index in [0.717, 1.165) is 4.47 Å². The van der Waals surface area contributed by atoms with Crippen molar-refractivity contribution in [1.29, 1.82) is 0 Å². The number of hydrogen-bond donors (Lipinski definition) is 4. The second-order valence-corrected chi connectivity index (χ2v) is 4.43. The third-order valence-corrected chi connectivity index (χ3v) is 2.60. The van der Waals surface area contributed by atoms with Crippen molar-refractivity contribution in [2.24, 2.45) is 0 Å². The van der Waals surface area contributed by atoms with Crippen LogP contribution >= 0.6 is 15.9 Å². The molecule has 0 saturated heterocycles. The average Bonchev–Trinajstić information content (AvgIpc) is 2.28. The Hall–Kier alpha value is -1.60. The van der Waals surface area contributed by atoms with Gasteiger partial charge in [-0.1, -0.05) is 22.0 Å². The Bertz CT molecular complexity index is 439. The van der Waals surface area contributed by atoms with Gasteiger partial charge in [0.05, 0.1) is 0 Å². The molecule has 1 rings (SSSR count). The highest BCUT2D eigenvalue weighted by Gasteiger charge is 2.18. The number of aliphatic carboxylic acids is 1. The summed E-state index contributed by atoms with van der Waals surface area (Å²) in [6.07, 6.45) is -0.0404. The van der Waals surface area contributed by atoms with Crippen molar-refractivity contribution in [2.75, 3.05) is 11.9 Å². The summed E-state index contributed by atoms with van der Waals surface area (Å²) < 4.78 is 0.797. The van der Waals surface area contributed by atoms with Gasteiger partial charge in [-0.05, 0) is 18.2 Å². The highest BCUT2D eigenvalue weighted by atomic mass is 79.9. The number of anilines is 1. The van der Waals surface area contributed by atoms with Gasteiger partial charge >= 0.3 is 12.0 Å². The van der Waals surface area contributed by atoms with Crippen molar-refractivity contribution in [1.82, 2.24) is 5.32 Å². The van der Waals surface area contributed by atoms with E-state index < -0.39 is 18.0 Å². The molecule has 1 aromatic carbocycles. The molecule has 0 bridgehead atoms. The molecule has 0 radical (unpaired) electrons. The fourth-order valence-corrected chi connectivity index (χ4v) is 1.68. The van der Waals surface area contributed by atoms with Crippen LogP contribution in [0.15, 0.2) is 28.7 Å². The molecule has 0 aromatic heterocycles. The van der Waals surface area contributed by atoms with E-state index in [1.165, 1.54) is 0 Å². The fraction of sp³-hybridized carbons (Fsp3) is 0.273. The Balaban J connectivity index is 2.57. The summed E-state index contributed by atoms with van der Waals surface area (Å²) in [5, 5.41) is 22.2. The average molecular weight is 317 g/mol. The first kappa shape index (κ1) is 14.5. The second-order valence-electron chi connectivity index (χ2n) is 3.51. The minimum Gasteiger partial charge on any atom is -0.480 e. The van der Waals surface area contributed by atoms with E-state index in [4.69, 9.17) is 10.2 Å². The normalized spacial score (nSPS) is 11.7. The molecule has 0 saturated carbocycles. The van der Waals surface area contributed by atoms with E-state index in [1.807, 2.05) is 0 Å². The molecule has 1 unspecified atom stereocenters.